The van der Waals surface area contributed by atoms with Gasteiger partial charge in [-0.25, -0.2) is 8.42 Å². The van der Waals surface area contributed by atoms with E-state index in [2.05, 4.69) is 11.8 Å². The zero-order valence-corrected chi connectivity index (χ0v) is 13.5. The molecule has 1 aliphatic heterocycles. The van der Waals surface area contributed by atoms with Crippen molar-refractivity contribution in [3.8, 4) is 0 Å². The third kappa shape index (κ3) is 4.21. The summed E-state index contributed by atoms with van der Waals surface area (Å²) in [5.41, 5.74) is 1.08. The Morgan fingerprint density at radius 1 is 1.35 bits per heavy atom. The van der Waals surface area contributed by atoms with E-state index in [-0.39, 0.29) is 6.04 Å². The molecule has 1 aliphatic rings. The average molecular weight is 316 g/mol. The van der Waals surface area contributed by atoms with Crippen LogP contribution in [0, 0.1) is 0 Å². The van der Waals surface area contributed by atoms with Crippen molar-refractivity contribution in [2.24, 2.45) is 0 Å². The maximum atomic E-state index is 11.7. The molecule has 3 nitrogen and oxygen atoms in total. The van der Waals surface area contributed by atoms with E-state index >= 15 is 0 Å². The van der Waals surface area contributed by atoms with Crippen molar-refractivity contribution in [1.29, 1.82) is 0 Å². The molecule has 1 heterocycles. The van der Waals surface area contributed by atoms with Crippen LogP contribution in [-0.2, 0) is 16.4 Å². The van der Waals surface area contributed by atoms with Gasteiger partial charge >= 0.3 is 0 Å². The fourth-order valence-corrected chi connectivity index (χ4v) is 4.62. The van der Waals surface area contributed by atoms with Gasteiger partial charge in [-0.15, -0.1) is 0 Å². The molecular formula is C15H22ClNO2S. The van der Waals surface area contributed by atoms with Gasteiger partial charge in [-0.1, -0.05) is 43.1 Å². The number of halogens is 1. The van der Waals surface area contributed by atoms with E-state index < -0.39 is 9.84 Å². The van der Waals surface area contributed by atoms with Crippen LogP contribution in [0.15, 0.2) is 24.3 Å². The van der Waals surface area contributed by atoms with Gasteiger partial charge < -0.3 is 0 Å². The Morgan fingerprint density at radius 3 is 2.70 bits per heavy atom. The fourth-order valence-electron chi connectivity index (χ4n) is 2.66. The van der Waals surface area contributed by atoms with Crippen LogP contribution in [0.2, 0.25) is 5.02 Å². The van der Waals surface area contributed by atoms with Gasteiger partial charge in [0.05, 0.1) is 11.5 Å². The van der Waals surface area contributed by atoms with Crippen LogP contribution in [0.1, 0.15) is 31.7 Å². The monoisotopic (exact) mass is 315 g/mol. The van der Waals surface area contributed by atoms with Gasteiger partial charge in [0, 0.05) is 17.6 Å². The molecule has 0 aromatic heterocycles. The largest absolute Gasteiger partial charge is 0.295 e. The molecule has 5 heteroatoms. The smallest absolute Gasteiger partial charge is 0.151 e. The minimum Gasteiger partial charge on any atom is -0.295 e. The molecule has 1 fully saturated rings. The lowest BCUT2D eigenvalue weighted by Crippen LogP contribution is -2.36. The highest BCUT2D eigenvalue weighted by Gasteiger charge is 2.32. The third-order valence-electron chi connectivity index (χ3n) is 3.85. The van der Waals surface area contributed by atoms with E-state index in [1.54, 1.807) is 0 Å². The van der Waals surface area contributed by atoms with Crippen molar-refractivity contribution in [2.75, 3.05) is 18.1 Å². The van der Waals surface area contributed by atoms with E-state index in [0.29, 0.717) is 11.5 Å². The maximum absolute atomic E-state index is 11.7. The summed E-state index contributed by atoms with van der Waals surface area (Å²) >= 11 is 6.22. The summed E-state index contributed by atoms with van der Waals surface area (Å²) in [5, 5.41) is 0.759. The third-order valence-corrected chi connectivity index (χ3v) is 5.97. The second-order valence-electron chi connectivity index (χ2n) is 5.47. The van der Waals surface area contributed by atoms with E-state index in [0.717, 1.165) is 42.9 Å². The Hall–Kier alpha value is -0.580. The minimum atomic E-state index is -2.84. The lowest BCUT2D eigenvalue weighted by Gasteiger charge is -2.28. The second kappa shape index (κ2) is 6.92. The molecule has 1 saturated heterocycles. The summed E-state index contributed by atoms with van der Waals surface area (Å²) in [4.78, 5) is 2.29. The lowest BCUT2D eigenvalue weighted by molar-refractivity contribution is 0.200. The van der Waals surface area contributed by atoms with Crippen molar-refractivity contribution in [3.05, 3.63) is 34.9 Å². The predicted molar refractivity (Wildman–Crippen MR) is 83.8 cm³/mol. The van der Waals surface area contributed by atoms with E-state index in [4.69, 9.17) is 11.6 Å². The topological polar surface area (TPSA) is 37.4 Å². The molecule has 0 bridgehead atoms. The highest BCUT2D eigenvalue weighted by molar-refractivity contribution is 7.91. The standard InChI is InChI=1S/C15H22ClNO2S/c1-2-3-9-17(14-8-10-20(18,19)12-14)11-13-6-4-5-7-15(13)16/h4-7,14H,2-3,8-12H2,1H3/t14-/m1/s1. The minimum absolute atomic E-state index is 0.142. The van der Waals surface area contributed by atoms with Crippen molar-refractivity contribution in [2.45, 2.75) is 38.8 Å². The van der Waals surface area contributed by atoms with Gasteiger partial charge in [0.2, 0.25) is 0 Å². The molecule has 1 aromatic rings. The van der Waals surface area contributed by atoms with Gasteiger partial charge in [-0.05, 0) is 31.0 Å². The zero-order valence-electron chi connectivity index (χ0n) is 11.9. The first-order valence-electron chi connectivity index (χ1n) is 7.19. The lowest BCUT2D eigenvalue weighted by atomic mass is 10.1. The van der Waals surface area contributed by atoms with Crippen LogP contribution in [-0.4, -0.2) is 37.4 Å². The molecular weight excluding hydrogens is 294 g/mol. The second-order valence-corrected chi connectivity index (χ2v) is 8.11. The Labute approximate surface area is 126 Å². The van der Waals surface area contributed by atoms with Gasteiger partial charge in [-0.2, -0.15) is 0 Å². The highest BCUT2D eigenvalue weighted by Crippen LogP contribution is 2.23. The SMILES string of the molecule is CCCCN(Cc1ccccc1Cl)[C@@H]1CCS(=O)(=O)C1. The molecule has 112 valence electrons. The first-order chi connectivity index (χ1) is 9.52. The molecule has 20 heavy (non-hydrogen) atoms. The molecule has 0 saturated carbocycles. The summed E-state index contributed by atoms with van der Waals surface area (Å²) in [7, 11) is -2.84. The quantitative estimate of drug-likeness (QED) is 0.809. The number of hydrogen-bond donors (Lipinski definition) is 0. The molecule has 2 rings (SSSR count). The van der Waals surface area contributed by atoms with Gasteiger partial charge in [0.25, 0.3) is 0 Å². The van der Waals surface area contributed by atoms with Crippen LogP contribution >= 0.6 is 11.6 Å². The molecule has 0 unspecified atom stereocenters. The highest BCUT2D eigenvalue weighted by atomic mass is 35.5. The number of nitrogens with zero attached hydrogens (tertiary/aromatic N) is 1. The number of sulfone groups is 1. The molecule has 1 aromatic carbocycles. The molecule has 0 radical (unpaired) electrons. The van der Waals surface area contributed by atoms with Gasteiger partial charge in [0.1, 0.15) is 0 Å². The van der Waals surface area contributed by atoms with Gasteiger partial charge in [-0.3, -0.25) is 4.90 Å². The first-order valence-corrected chi connectivity index (χ1v) is 9.39. The summed E-state index contributed by atoms with van der Waals surface area (Å²) < 4.78 is 23.4. The molecule has 0 amide bonds. The summed E-state index contributed by atoms with van der Waals surface area (Å²) in [6.07, 6.45) is 2.94. The zero-order chi connectivity index (χ0) is 14.6. The van der Waals surface area contributed by atoms with Crippen molar-refractivity contribution in [1.82, 2.24) is 4.90 Å². The molecule has 1 atom stereocenters. The van der Waals surface area contributed by atoms with E-state index in [9.17, 15) is 8.42 Å². The van der Waals surface area contributed by atoms with Crippen molar-refractivity contribution >= 4 is 21.4 Å². The van der Waals surface area contributed by atoms with Crippen molar-refractivity contribution < 1.29 is 8.42 Å². The Bertz CT molecular complexity index is 545. The molecule has 0 N–H and O–H groups in total. The molecule has 0 aliphatic carbocycles. The fraction of sp³-hybridized carbons (Fsp3) is 0.600. The van der Waals surface area contributed by atoms with Crippen LogP contribution < -0.4 is 0 Å². The summed E-state index contributed by atoms with van der Waals surface area (Å²) in [6, 6.07) is 7.94. The average Bonchev–Trinajstić information content (AvgIpc) is 2.77. The first kappa shape index (κ1) is 15.8. The van der Waals surface area contributed by atoms with E-state index in [1.807, 2.05) is 24.3 Å². The van der Waals surface area contributed by atoms with Crippen LogP contribution in [0.25, 0.3) is 0 Å². The van der Waals surface area contributed by atoms with Crippen LogP contribution in [0.5, 0.6) is 0 Å². The Balaban J connectivity index is 2.10. The normalized spacial score (nSPS) is 21.4. The van der Waals surface area contributed by atoms with Crippen molar-refractivity contribution in [3.63, 3.8) is 0 Å². The number of unbranched alkanes of at least 4 members (excludes halogenated alkanes) is 1. The number of rotatable bonds is 6. The number of benzene rings is 1. The van der Waals surface area contributed by atoms with Crippen LogP contribution in [0.3, 0.4) is 0 Å². The predicted octanol–water partition coefficient (Wildman–Crippen LogP) is 3.13. The Kier molecular flexibility index (Phi) is 5.47. The summed E-state index contributed by atoms with van der Waals surface area (Å²) in [5.74, 6) is 0.615. The Morgan fingerprint density at radius 2 is 2.10 bits per heavy atom. The van der Waals surface area contributed by atoms with Gasteiger partial charge in [0.15, 0.2) is 9.84 Å². The van der Waals surface area contributed by atoms with Crippen LogP contribution in [0.4, 0.5) is 0 Å². The number of hydrogen-bond acceptors (Lipinski definition) is 3. The summed E-state index contributed by atoms with van der Waals surface area (Å²) in [6.45, 7) is 3.82. The maximum Gasteiger partial charge on any atom is 0.151 e. The molecule has 0 spiro atoms. The van der Waals surface area contributed by atoms with E-state index in [1.165, 1.54) is 0 Å².